The number of carbonyl (C=O) groups excluding carboxylic acids is 1. The van der Waals surface area contributed by atoms with Gasteiger partial charge in [0.05, 0.1) is 13.2 Å². The average Bonchev–Trinajstić information content (AvgIpc) is 3.12. The summed E-state index contributed by atoms with van der Waals surface area (Å²) in [6, 6.07) is 7.00. The molecule has 1 aliphatic rings. The zero-order valence-electron chi connectivity index (χ0n) is 14.3. The van der Waals surface area contributed by atoms with Crippen molar-refractivity contribution >= 4 is 29.2 Å². The van der Waals surface area contributed by atoms with Crippen LogP contribution in [0.3, 0.4) is 0 Å². The maximum atomic E-state index is 12.3. The molecule has 3 rings (SSSR count). The van der Waals surface area contributed by atoms with E-state index in [-0.39, 0.29) is 17.8 Å². The first-order valence-electron chi connectivity index (χ1n) is 8.17. The van der Waals surface area contributed by atoms with Gasteiger partial charge in [0.2, 0.25) is 0 Å². The summed E-state index contributed by atoms with van der Waals surface area (Å²) in [6.45, 7) is 3.13. The van der Waals surface area contributed by atoms with Gasteiger partial charge >= 0.3 is 0 Å². The van der Waals surface area contributed by atoms with E-state index in [9.17, 15) is 9.59 Å². The van der Waals surface area contributed by atoms with Gasteiger partial charge in [0, 0.05) is 17.7 Å². The molecule has 1 aromatic carbocycles. The summed E-state index contributed by atoms with van der Waals surface area (Å²) >= 11 is 1.34. The van der Waals surface area contributed by atoms with Gasteiger partial charge in [-0.05, 0) is 19.1 Å². The molecule has 4 N–H and O–H groups in total. The molecule has 1 fully saturated rings. The smallest absolute Gasteiger partial charge is 0.277 e. The first-order chi connectivity index (χ1) is 12.5. The molecule has 0 saturated carbocycles. The molecule has 1 aliphatic heterocycles. The van der Waals surface area contributed by atoms with Crippen LogP contribution in [0.1, 0.15) is 22.3 Å². The fourth-order valence-electron chi connectivity index (χ4n) is 2.37. The van der Waals surface area contributed by atoms with Gasteiger partial charge in [-0.25, -0.2) is 4.98 Å². The predicted octanol–water partition coefficient (Wildman–Crippen LogP) is 1.77. The molecule has 1 aromatic heterocycles. The summed E-state index contributed by atoms with van der Waals surface area (Å²) in [6.07, 6.45) is 0.472. The standard InChI is InChI=1S/C17H20N4O4S/c1-10-2-4-11(5-3-10)15(22)19-13-14(18)20-17(21-16(13)23)26-9-6-12-24-7-8-25-12/h2-5,12H,6-9H2,1H3,(H,19,22)(H3,18,20,21,23). The Balaban J connectivity index is 1.63. The highest BCUT2D eigenvalue weighted by Crippen LogP contribution is 2.20. The van der Waals surface area contributed by atoms with E-state index < -0.39 is 11.5 Å². The second-order valence-electron chi connectivity index (χ2n) is 5.76. The zero-order valence-corrected chi connectivity index (χ0v) is 15.1. The number of H-pyrrole nitrogens is 1. The fourth-order valence-corrected chi connectivity index (χ4v) is 3.21. The number of rotatable bonds is 6. The Hall–Kier alpha value is -2.36. The maximum Gasteiger partial charge on any atom is 0.277 e. The summed E-state index contributed by atoms with van der Waals surface area (Å²) < 4.78 is 10.7. The highest BCUT2D eigenvalue weighted by molar-refractivity contribution is 7.99. The molecule has 2 heterocycles. The number of nitrogens with two attached hydrogens (primary N) is 1. The average molecular weight is 376 g/mol. The number of thioether (sulfide) groups is 1. The van der Waals surface area contributed by atoms with Crippen LogP contribution in [-0.4, -0.2) is 41.1 Å². The minimum atomic E-state index is -0.492. The Kier molecular flexibility index (Phi) is 5.92. The molecule has 1 amide bonds. The summed E-state index contributed by atoms with van der Waals surface area (Å²) in [5, 5.41) is 2.91. The van der Waals surface area contributed by atoms with Crippen LogP contribution in [0, 0.1) is 6.92 Å². The molecule has 26 heavy (non-hydrogen) atoms. The van der Waals surface area contributed by atoms with E-state index in [0.717, 1.165) is 5.56 Å². The number of amides is 1. The van der Waals surface area contributed by atoms with Crippen LogP contribution < -0.4 is 16.6 Å². The molecule has 8 nitrogen and oxygen atoms in total. The molecule has 138 valence electrons. The van der Waals surface area contributed by atoms with Crippen molar-refractivity contribution in [2.45, 2.75) is 24.8 Å². The van der Waals surface area contributed by atoms with E-state index in [4.69, 9.17) is 15.2 Å². The number of nitrogens with one attached hydrogen (secondary N) is 2. The molecule has 1 saturated heterocycles. The number of nitrogens with zero attached hydrogens (tertiary/aromatic N) is 1. The molecular weight excluding hydrogens is 356 g/mol. The van der Waals surface area contributed by atoms with Crippen LogP contribution in [-0.2, 0) is 9.47 Å². The molecule has 0 spiro atoms. The second-order valence-corrected chi connectivity index (χ2v) is 6.84. The van der Waals surface area contributed by atoms with E-state index in [1.807, 2.05) is 19.1 Å². The van der Waals surface area contributed by atoms with Crippen molar-refractivity contribution < 1.29 is 14.3 Å². The first-order valence-corrected chi connectivity index (χ1v) is 9.15. The number of anilines is 2. The number of carbonyl (C=O) groups is 1. The third kappa shape index (κ3) is 4.63. The van der Waals surface area contributed by atoms with Crippen LogP contribution in [0.5, 0.6) is 0 Å². The van der Waals surface area contributed by atoms with Gasteiger partial charge in [0.1, 0.15) is 5.69 Å². The topological polar surface area (TPSA) is 119 Å². The second kappa shape index (κ2) is 8.35. The molecule has 0 bridgehead atoms. The lowest BCUT2D eigenvalue weighted by Crippen LogP contribution is -2.23. The van der Waals surface area contributed by atoms with Gasteiger partial charge in [0.25, 0.3) is 11.5 Å². The van der Waals surface area contributed by atoms with E-state index in [1.165, 1.54) is 11.8 Å². The Morgan fingerprint density at radius 3 is 2.69 bits per heavy atom. The number of hydrogen-bond acceptors (Lipinski definition) is 7. The number of aryl methyl sites for hydroxylation is 1. The molecule has 0 aliphatic carbocycles. The highest BCUT2D eigenvalue weighted by atomic mass is 32.2. The Labute approximate surface area is 154 Å². The summed E-state index contributed by atoms with van der Waals surface area (Å²) in [5.41, 5.74) is 6.78. The minimum absolute atomic E-state index is 0.0231. The van der Waals surface area contributed by atoms with Gasteiger partial charge in [-0.2, -0.15) is 0 Å². The van der Waals surface area contributed by atoms with Crippen LogP contribution in [0.15, 0.2) is 34.2 Å². The SMILES string of the molecule is Cc1ccc(C(=O)Nc2c(N)nc(SCCC3OCCO3)[nH]c2=O)cc1. The van der Waals surface area contributed by atoms with Crippen molar-refractivity contribution in [1.29, 1.82) is 0 Å². The third-order valence-electron chi connectivity index (χ3n) is 3.76. The Bertz CT molecular complexity index is 832. The number of nitrogen functional groups attached to an aromatic ring is 1. The monoisotopic (exact) mass is 376 g/mol. The van der Waals surface area contributed by atoms with Gasteiger partial charge in [0.15, 0.2) is 17.3 Å². The van der Waals surface area contributed by atoms with Crippen molar-refractivity contribution in [3.63, 3.8) is 0 Å². The largest absolute Gasteiger partial charge is 0.382 e. The normalized spacial score (nSPS) is 14.5. The molecule has 0 radical (unpaired) electrons. The number of aromatic nitrogens is 2. The number of benzene rings is 1. The lowest BCUT2D eigenvalue weighted by atomic mass is 10.1. The van der Waals surface area contributed by atoms with Crippen molar-refractivity contribution in [3.8, 4) is 0 Å². The summed E-state index contributed by atoms with van der Waals surface area (Å²) in [7, 11) is 0. The van der Waals surface area contributed by atoms with Crippen LogP contribution in [0.2, 0.25) is 0 Å². The van der Waals surface area contributed by atoms with E-state index in [0.29, 0.717) is 36.1 Å². The molecular formula is C17H20N4O4S. The molecule has 0 atom stereocenters. The van der Waals surface area contributed by atoms with Crippen molar-refractivity contribution in [2.24, 2.45) is 0 Å². The van der Waals surface area contributed by atoms with E-state index in [2.05, 4.69) is 15.3 Å². The number of aromatic amines is 1. The molecule has 9 heteroatoms. The maximum absolute atomic E-state index is 12.3. The number of hydrogen-bond donors (Lipinski definition) is 3. The number of ether oxygens (including phenoxy) is 2. The third-order valence-corrected chi connectivity index (χ3v) is 4.67. The van der Waals surface area contributed by atoms with E-state index >= 15 is 0 Å². The van der Waals surface area contributed by atoms with Crippen LogP contribution in [0.25, 0.3) is 0 Å². The zero-order chi connectivity index (χ0) is 18.5. The lowest BCUT2D eigenvalue weighted by molar-refractivity contribution is -0.0421. The predicted molar refractivity (Wildman–Crippen MR) is 99.4 cm³/mol. The van der Waals surface area contributed by atoms with Gasteiger partial charge in [-0.3, -0.25) is 14.6 Å². The first kappa shape index (κ1) is 18.4. The summed E-state index contributed by atoms with van der Waals surface area (Å²) in [5.74, 6) is 0.215. The van der Waals surface area contributed by atoms with Crippen LogP contribution >= 0.6 is 11.8 Å². The summed E-state index contributed by atoms with van der Waals surface area (Å²) in [4.78, 5) is 31.3. The molecule has 0 unspecified atom stereocenters. The van der Waals surface area contributed by atoms with Gasteiger partial charge in [-0.15, -0.1) is 0 Å². The minimum Gasteiger partial charge on any atom is -0.382 e. The highest BCUT2D eigenvalue weighted by Gasteiger charge is 2.17. The van der Waals surface area contributed by atoms with E-state index in [1.54, 1.807) is 12.1 Å². The lowest BCUT2D eigenvalue weighted by Gasteiger charge is -2.10. The van der Waals surface area contributed by atoms with Crippen molar-refractivity contribution in [2.75, 3.05) is 30.0 Å². The Morgan fingerprint density at radius 2 is 2.04 bits per heavy atom. The van der Waals surface area contributed by atoms with Gasteiger partial charge < -0.3 is 20.5 Å². The Morgan fingerprint density at radius 1 is 1.35 bits per heavy atom. The fraction of sp³-hybridized carbons (Fsp3) is 0.353. The van der Waals surface area contributed by atoms with Crippen molar-refractivity contribution in [1.82, 2.24) is 9.97 Å². The van der Waals surface area contributed by atoms with Crippen LogP contribution in [0.4, 0.5) is 11.5 Å². The van der Waals surface area contributed by atoms with Crippen molar-refractivity contribution in [3.05, 3.63) is 45.7 Å². The molecule has 2 aromatic rings. The quantitative estimate of drug-likeness (QED) is 0.519. The van der Waals surface area contributed by atoms with Gasteiger partial charge in [-0.1, -0.05) is 29.5 Å².